The van der Waals surface area contributed by atoms with E-state index in [0.717, 1.165) is 34.0 Å². The van der Waals surface area contributed by atoms with Crippen molar-refractivity contribution in [3.05, 3.63) is 58.7 Å². The van der Waals surface area contributed by atoms with Crippen molar-refractivity contribution in [3.8, 4) is 22.4 Å². The van der Waals surface area contributed by atoms with E-state index in [-0.39, 0.29) is 23.8 Å². The van der Waals surface area contributed by atoms with Crippen LogP contribution in [0.15, 0.2) is 41.5 Å². The third-order valence-electron chi connectivity index (χ3n) is 7.80. The summed E-state index contributed by atoms with van der Waals surface area (Å²) >= 11 is 0. The number of fused-ring (bicyclic) bond motifs is 5. The molecule has 8 rings (SSSR count). The largest absolute Gasteiger partial charge is 0.462 e. The number of carbonyl (C=O) groups excluding carboxylic acids is 1. The number of hydrogen-bond acceptors (Lipinski definition) is 5. The molecule has 0 radical (unpaired) electrons. The van der Waals surface area contributed by atoms with E-state index < -0.39 is 5.95 Å². The summed E-state index contributed by atoms with van der Waals surface area (Å²) in [6.45, 7) is 0. The number of ether oxygens (including phenoxy) is 1. The Kier molecular flexibility index (Phi) is 4.70. The van der Waals surface area contributed by atoms with Crippen molar-refractivity contribution in [2.24, 2.45) is 14.1 Å². The van der Waals surface area contributed by atoms with E-state index in [1.54, 1.807) is 31.1 Å². The Labute approximate surface area is 210 Å². The van der Waals surface area contributed by atoms with Gasteiger partial charge in [-0.2, -0.15) is 4.39 Å². The van der Waals surface area contributed by atoms with Crippen molar-refractivity contribution < 1.29 is 13.9 Å². The van der Waals surface area contributed by atoms with Gasteiger partial charge >= 0.3 is 11.7 Å². The number of imidazole rings is 1. The first-order valence-corrected chi connectivity index (χ1v) is 12.5. The number of pyridine rings is 1. The van der Waals surface area contributed by atoms with Crippen LogP contribution in [0.3, 0.4) is 0 Å². The van der Waals surface area contributed by atoms with Crippen LogP contribution in [0.25, 0.3) is 44.5 Å². The molecule has 0 saturated heterocycles. The molecule has 6 heterocycles. The SMILES string of the molecule is Cn1cc(-c2[nH]c3ncc4c5c3c2-c2ccc(cc2)CCC(=O)O[C@H]2CC[C@@H](C2)n5c(=O)n4C)c(F)n1. The van der Waals surface area contributed by atoms with E-state index in [9.17, 15) is 9.59 Å². The van der Waals surface area contributed by atoms with E-state index in [2.05, 4.69) is 15.1 Å². The molecule has 9 nitrogen and oxygen atoms in total. The number of esters is 1. The maximum absolute atomic E-state index is 15.0. The van der Waals surface area contributed by atoms with Crippen molar-refractivity contribution in [2.75, 3.05) is 0 Å². The lowest BCUT2D eigenvalue weighted by Crippen LogP contribution is -2.25. The highest BCUT2D eigenvalue weighted by Gasteiger charge is 2.33. The fourth-order valence-corrected chi connectivity index (χ4v) is 6.03. The number of aromatic nitrogens is 6. The van der Waals surface area contributed by atoms with Crippen LogP contribution in [0.1, 0.15) is 37.3 Å². The Balaban J connectivity index is 1.61. The zero-order chi connectivity index (χ0) is 25.4. The summed E-state index contributed by atoms with van der Waals surface area (Å²) in [6, 6.07) is 7.76. The average molecular weight is 501 g/mol. The summed E-state index contributed by atoms with van der Waals surface area (Å²) in [6.07, 6.45) is 5.95. The number of aryl methyl sites for hydroxylation is 3. The lowest BCUT2D eigenvalue weighted by Gasteiger charge is -2.14. The lowest BCUT2D eigenvalue weighted by atomic mass is 9.97. The van der Waals surface area contributed by atoms with E-state index in [1.165, 1.54) is 4.68 Å². The molecule has 2 atom stereocenters. The molecule has 3 aliphatic rings. The molecule has 0 amide bonds. The molecular formula is C27H25FN6O3. The summed E-state index contributed by atoms with van der Waals surface area (Å²) in [5.41, 5.74) is 5.37. The molecule has 4 bridgehead atoms. The first kappa shape index (κ1) is 22.0. The number of H-pyrrole nitrogens is 1. The topological polar surface area (TPSA) is 99.7 Å². The molecule has 37 heavy (non-hydrogen) atoms. The van der Waals surface area contributed by atoms with Crippen molar-refractivity contribution in [3.63, 3.8) is 0 Å². The molecule has 0 unspecified atom stereocenters. The Morgan fingerprint density at radius 3 is 2.68 bits per heavy atom. The third-order valence-corrected chi connectivity index (χ3v) is 7.80. The standard InChI is InChI=1S/C27H25FN6O3/c1-32-13-18(25(28)31-32)23-21-15-6-3-14(4-7-15)5-10-20(35)37-17-9-8-16(11-17)34-24-19(33(2)27(34)36)12-29-26(30-23)22(21)24/h3-4,6-7,12-13,16-17H,5,8-11H2,1-2H3,(H,29,30)/t16-,17-/m0/s1. The first-order valence-electron chi connectivity index (χ1n) is 12.5. The Morgan fingerprint density at radius 1 is 1.11 bits per heavy atom. The summed E-state index contributed by atoms with van der Waals surface area (Å²) in [7, 11) is 3.42. The minimum absolute atomic E-state index is 0.132. The van der Waals surface area contributed by atoms with Crippen LogP contribution >= 0.6 is 0 Å². The van der Waals surface area contributed by atoms with Crippen LogP contribution in [0.4, 0.5) is 4.39 Å². The van der Waals surface area contributed by atoms with Gasteiger partial charge in [0, 0.05) is 44.7 Å². The molecule has 5 aromatic rings. The number of carbonyl (C=O) groups is 1. The molecule has 4 aromatic heterocycles. The van der Waals surface area contributed by atoms with Gasteiger partial charge in [0.05, 0.1) is 33.9 Å². The molecule has 1 N–H and O–H groups in total. The van der Waals surface area contributed by atoms with Crippen molar-refractivity contribution in [2.45, 2.75) is 44.2 Å². The van der Waals surface area contributed by atoms with Gasteiger partial charge in [0.2, 0.25) is 5.95 Å². The maximum atomic E-state index is 15.0. The van der Waals surface area contributed by atoms with Crippen LogP contribution in [0.2, 0.25) is 0 Å². The predicted octanol–water partition coefficient (Wildman–Crippen LogP) is 4.01. The van der Waals surface area contributed by atoms with Crippen LogP contribution in [0.5, 0.6) is 0 Å². The fraction of sp³-hybridized carbons (Fsp3) is 0.333. The second kappa shape index (κ2) is 7.89. The smallest absolute Gasteiger partial charge is 0.329 e. The highest BCUT2D eigenvalue weighted by Crippen LogP contribution is 2.43. The van der Waals surface area contributed by atoms with Gasteiger partial charge in [0.25, 0.3) is 0 Å². The minimum atomic E-state index is -0.589. The normalized spacial score (nSPS) is 19.6. The molecule has 10 heteroatoms. The van der Waals surface area contributed by atoms with Gasteiger partial charge in [-0.25, -0.2) is 9.78 Å². The van der Waals surface area contributed by atoms with Gasteiger partial charge in [-0.05, 0) is 30.4 Å². The second-order valence-corrected chi connectivity index (χ2v) is 10.1. The molecule has 188 valence electrons. The average Bonchev–Trinajstić information content (AvgIpc) is 3.62. The Morgan fingerprint density at radius 2 is 1.92 bits per heavy atom. The van der Waals surface area contributed by atoms with Gasteiger partial charge in [0.15, 0.2) is 0 Å². The fourth-order valence-electron chi connectivity index (χ4n) is 6.03. The van der Waals surface area contributed by atoms with Gasteiger partial charge in [-0.15, -0.1) is 5.10 Å². The van der Waals surface area contributed by atoms with Crippen molar-refractivity contribution >= 4 is 28.0 Å². The summed E-state index contributed by atoms with van der Waals surface area (Å²) < 4.78 is 25.7. The summed E-state index contributed by atoms with van der Waals surface area (Å²) in [5.74, 6) is -0.809. The molecular weight excluding hydrogens is 475 g/mol. The molecule has 2 aliphatic heterocycles. The first-order chi connectivity index (χ1) is 17.9. The van der Waals surface area contributed by atoms with Crippen LogP contribution < -0.4 is 5.69 Å². The third kappa shape index (κ3) is 3.28. The van der Waals surface area contributed by atoms with Crippen LogP contribution in [-0.4, -0.2) is 41.0 Å². The second-order valence-electron chi connectivity index (χ2n) is 10.1. The van der Waals surface area contributed by atoms with Crippen LogP contribution in [-0.2, 0) is 30.0 Å². The minimum Gasteiger partial charge on any atom is -0.462 e. The van der Waals surface area contributed by atoms with Gasteiger partial charge in [-0.3, -0.25) is 18.6 Å². The molecule has 1 aliphatic carbocycles. The van der Waals surface area contributed by atoms with E-state index >= 15 is 4.39 Å². The monoisotopic (exact) mass is 500 g/mol. The predicted molar refractivity (Wildman–Crippen MR) is 136 cm³/mol. The van der Waals surface area contributed by atoms with Gasteiger partial charge in [-0.1, -0.05) is 24.3 Å². The molecule has 1 aromatic carbocycles. The Hall–Kier alpha value is -4.21. The quantitative estimate of drug-likeness (QED) is 0.351. The highest BCUT2D eigenvalue weighted by molar-refractivity contribution is 6.14. The van der Waals surface area contributed by atoms with E-state index in [4.69, 9.17) is 4.74 Å². The lowest BCUT2D eigenvalue weighted by molar-refractivity contribution is -0.148. The number of halogens is 1. The molecule has 0 spiro atoms. The van der Waals surface area contributed by atoms with Gasteiger partial charge < -0.3 is 9.72 Å². The zero-order valence-corrected chi connectivity index (χ0v) is 20.5. The van der Waals surface area contributed by atoms with Gasteiger partial charge in [0.1, 0.15) is 11.8 Å². The van der Waals surface area contributed by atoms with Crippen molar-refractivity contribution in [1.82, 2.24) is 28.9 Å². The van der Waals surface area contributed by atoms with Crippen LogP contribution in [0, 0.1) is 5.95 Å². The van der Waals surface area contributed by atoms with Crippen molar-refractivity contribution in [1.29, 1.82) is 0 Å². The number of rotatable bonds is 1. The van der Waals surface area contributed by atoms with E-state index in [1.807, 2.05) is 28.8 Å². The number of nitrogens with zero attached hydrogens (tertiary/aromatic N) is 5. The number of aromatic amines is 1. The highest BCUT2D eigenvalue weighted by atomic mass is 19.1. The zero-order valence-electron chi connectivity index (χ0n) is 20.5. The summed E-state index contributed by atoms with van der Waals surface area (Å²) in [5, 5.41) is 4.68. The number of benzene rings is 1. The van der Waals surface area contributed by atoms with E-state index in [0.29, 0.717) is 48.1 Å². The Bertz CT molecular complexity index is 1770. The maximum Gasteiger partial charge on any atom is 0.329 e. The number of nitrogens with one attached hydrogen (secondary N) is 1. The molecule has 1 fully saturated rings. The number of hydrogen-bond donors (Lipinski definition) is 1. The summed E-state index contributed by atoms with van der Waals surface area (Å²) in [4.78, 5) is 34.2. The molecule has 1 saturated carbocycles.